The number of hydrogen-bond acceptors (Lipinski definition) is 5. The van der Waals surface area contributed by atoms with Gasteiger partial charge in [-0.1, -0.05) is 36.9 Å². The molecule has 0 bridgehead atoms. The minimum atomic E-state index is -0.213. The molecule has 3 heterocycles. The van der Waals surface area contributed by atoms with Gasteiger partial charge in [0.25, 0.3) is 5.91 Å². The van der Waals surface area contributed by atoms with Crippen molar-refractivity contribution in [3.63, 3.8) is 0 Å². The molecule has 0 saturated heterocycles. The Bertz CT molecular complexity index is 1580. The number of nitrogens with one attached hydrogen (secondary N) is 1. The highest BCUT2D eigenvalue weighted by Crippen LogP contribution is 2.43. The fourth-order valence-electron chi connectivity index (χ4n) is 4.31. The lowest BCUT2D eigenvalue weighted by atomic mass is 9.99. The number of carbonyl (C=O) groups excluding carboxylic acids is 1. The van der Waals surface area contributed by atoms with Crippen molar-refractivity contribution in [1.29, 1.82) is 0 Å². The second-order valence-corrected chi connectivity index (χ2v) is 8.44. The monoisotopic (exact) mass is 463 g/mol. The summed E-state index contributed by atoms with van der Waals surface area (Å²) in [6, 6.07) is 17.6. The van der Waals surface area contributed by atoms with Crippen LogP contribution in [0.3, 0.4) is 0 Å². The standard InChI is InChI=1S/C27H25N7O/c1-16(2)27(35)32-19-12-10-18(11-13-19)24-22(23-25(28)29-15-30-26(23)33(24)4)21-14-31-34(17(21)3)20-8-6-5-7-9-20/h5-15H,1H2,2-4H3,(H,32,35)(H2,28,29,30). The number of rotatable bonds is 5. The van der Waals surface area contributed by atoms with Gasteiger partial charge in [0.05, 0.1) is 23.0 Å². The first-order chi connectivity index (χ1) is 16.9. The summed E-state index contributed by atoms with van der Waals surface area (Å²) in [5, 5.41) is 8.30. The van der Waals surface area contributed by atoms with Crippen LogP contribution in [0.15, 0.2) is 79.3 Å². The van der Waals surface area contributed by atoms with Crippen molar-refractivity contribution in [3.05, 3.63) is 85.0 Å². The van der Waals surface area contributed by atoms with Crippen molar-refractivity contribution in [3.8, 4) is 28.1 Å². The number of aromatic nitrogens is 5. The summed E-state index contributed by atoms with van der Waals surface area (Å²) in [6.07, 6.45) is 3.33. The van der Waals surface area contributed by atoms with Crippen molar-refractivity contribution in [1.82, 2.24) is 24.3 Å². The predicted octanol–water partition coefficient (Wildman–Crippen LogP) is 4.89. The molecule has 0 aliphatic heterocycles. The van der Waals surface area contributed by atoms with Gasteiger partial charge in [0, 0.05) is 35.1 Å². The lowest BCUT2D eigenvalue weighted by Crippen LogP contribution is -2.11. The first-order valence-electron chi connectivity index (χ1n) is 11.1. The molecule has 5 aromatic rings. The van der Waals surface area contributed by atoms with Crippen LogP contribution in [-0.4, -0.2) is 30.2 Å². The maximum atomic E-state index is 12.0. The Morgan fingerprint density at radius 2 is 1.77 bits per heavy atom. The minimum Gasteiger partial charge on any atom is -0.383 e. The third-order valence-corrected chi connectivity index (χ3v) is 6.08. The lowest BCUT2D eigenvalue weighted by Gasteiger charge is -2.11. The normalized spacial score (nSPS) is 11.1. The second kappa shape index (κ2) is 8.57. The number of aryl methyl sites for hydroxylation is 1. The van der Waals surface area contributed by atoms with Crippen LogP contribution in [0.4, 0.5) is 11.5 Å². The molecule has 8 nitrogen and oxygen atoms in total. The largest absolute Gasteiger partial charge is 0.383 e. The van der Waals surface area contributed by atoms with E-state index in [1.165, 1.54) is 6.33 Å². The zero-order valence-electron chi connectivity index (χ0n) is 19.8. The predicted molar refractivity (Wildman–Crippen MR) is 139 cm³/mol. The average molecular weight is 464 g/mol. The number of carbonyl (C=O) groups is 1. The van der Waals surface area contributed by atoms with Gasteiger partial charge < -0.3 is 15.6 Å². The van der Waals surface area contributed by atoms with E-state index in [0.717, 1.165) is 44.8 Å². The van der Waals surface area contributed by atoms with Gasteiger partial charge in [-0.2, -0.15) is 5.10 Å². The van der Waals surface area contributed by atoms with Gasteiger partial charge in [0.1, 0.15) is 17.8 Å². The summed E-state index contributed by atoms with van der Waals surface area (Å²) in [5.41, 5.74) is 13.9. The zero-order valence-corrected chi connectivity index (χ0v) is 19.8. The van der Waals surface area contributed by atoms with E-state index in [1.54, 1.807) is 6.92 Å². The summed E-state index contributed by atoms with van der Waals surface area (Å²) in [5.74, 6) is 0.194. The summed E-state index contributed by atoms with van der Waals surface area (Å²) in [4.78, 5) is 20.8. The van der Waals surface area contributed by atoms with Crippen LogP contribution in [0, 0.1) is 6.92 Å². The van der Waals surface area contributed by atoms with Crippen molar-refractivity contribution in [2.75, 3.05) is 11.1 Å². The smallest absolute Gasteiger partial charge is 0.250 e. The topological polar surface area (TPSA) is 104 Å². The third-order valence-electron chi connectivity index (χ3n) is 6.08. The van der Waals surface area contributed by atoms with E-state index in [0.29, 0.717) is 17.1 Å². The van der Waals surface area contributed by atoms with Crippen LogP contribution >= 0.6 is 0 Å². The Balaban J connectivity index is 1.71. The van der Waals surface area contributed by atoms with Gasteiger partial charge in [0.15, 0.2) is 0 Å². The van der Waals surface area contributed by atoms with Gasteiger partial charge in [-0.15, -0.1) is 0 Å². The first-order valence-corrected chi connectivity index (χ1v) is 11.1. The number of para-hydroxylation sites is 1. The Labute approximate surface area is 202 Å². The van der Waals surface area contributed by atoms with Crippen molar-refractivity contribution < 1.29 is 4.79 Å². The zero-order chi connectivity index (χ0) is 24.7. The number of nitrogens with two attached hydrogens (primary N) is 1. The maximum Gasteiger partial charge on any atom is 0.250 e. The van der Waals surface area contributed by atoms with E-state index in [1.807, 2.05) is 84.0 Å². The molecule has 5 rings (SSSR count). The molecule has 0 radical (unpaired) electrons. The molecule has 3 N–H and O–H groups in total. The molecule has 2 aromatic carbocycles. The molecule has 35 heavy (non-hydrogen) atoms. The van der Waals surface area contributed by atoms with Crippen molar-refractivity contribution in [2.45, 2.75) is 13.8 Å². The average Bonchev–Trinajstić information content (AvgIpc) is 3.38. The Hall–Kier alpha value is -4.72. The molecular formula is C27H25N7O. The third kappa shape index (κ3) is 3.74. The maximum absolute atomic E-state index is 12.0. The summed E-state index contributed by atoms with van der Waals surface area (Å²) >= 11 is 0. The summed E-state index contributed by atoms with van der Waals surface area (Å²) < 4.78 is 3.93. The highest BCUT2D eigenvalue weighted by atomic mass is 16.1. The molecule has 0 aliphatic rings. The van der Waals surface area contributed by atoms with Gasteiger partial charge in [0.2, 0.25) is 0 Å². The quantitative estimate of drug-likeness (QED) is 0.361. The Morgan fingerprint density at radius 1 is 1.06 bits per heavy atom. The van der Waals surface area contributed by atoms with Gasteiger partial charge >= 0.3 is 0 Å². The molecular weight excluding hydrogens is 438 g/mol. The van der Waals surface area contributed by atoms with Gasteiger partial charge in [-0.3, -0.25) is 4.79 Å². The number of benzene rings is 2. The van der Waals surface area contributed by atoms with E-state index >= 15 is 0 Å². The van der Waals surface area contributed by atoms with E-state index in [-0.39, 0.29) is 5.91 Å². The summed E-state index contributed by atoms with van der Waals surface area (Å²) in [7, 11) is 1.96. The number of anilines is 2. The van der Waals surface area contributed by atoms with E-state index < -0.39 is 0 Å². The van der Waals surface area contributed by atoms with E-state index in [9.17, 15) is 4.79 Å². The molecule has 0 fully saturated rings. The highest BCUT2D eigenvalue weighted by Gasteiger charge is 2.24. The van der Waals surface area contributed by atoms with Gasteiger partial charge in [-0.25, -0.2) is 14.6 Å². The van der Waals surface area contributed by atoms with Crippen molar-refractivity contribution in [2.24, 2.45) is 7.05 Å². The molecule has 174 valence electrons. The van der Waals surface area contributed by atoms with Crippen LogP contribution in [0.2, 0.25) is 0 Å². The molecule has 0 aliphatic carbocycles. The second-order valence-electron chi connectivity index (χ2n) is 8.44. The number of nitrogens with zero attached hydrogens (tertiary/aromatic N) is 5. The Kier molecular flexibility index (Phi) is 5.41. The van der Waals surface area contributed by atoms with Gasteiger partial charge in [-0.05, 0) is 43.7 Å². The van der Waals surface area contributed by atoms with Crippen LogP contribution in [0.25, 0.3) is 39.1 Å². The Morgan fingerprint density at radius 3 is 2.46 bits per heavy atom. The molecule has 0 spiro atoms. The molecule has 0 unspecified atom stereocenters. The molecule has 8 heteroatoms. The first kappa shape index (κ1) is 22.1. The fourth-order valence-corrected chi connectivity index (χ4v) is 4.31. The highest BCUT2D eigenvalue weighted by molar-refractivity contribution is 6.08. The number of fused-ring (bicyclic) bond motifs is 1. The number of nitrogen functional groups attached to an aromatic ring is 1. The van der Waals surface area contributed by atoms with Crippen molar-refractivity contribution >= 4 is 28.4 Å². The van der Waals surface area contributed by atoms with E-state index in [2.05, 4.69) is 27.0 Å². The number of hydrogen-bond donors (Lipinski definition) is 2. The van der Waals surface area contributed by atoms with Crippen LogP contribution < -0.4 is 11.1 Å². The minimum absolute atomic E-state index is 0.213. The molecule has 0 saturated carbocycles. The van der Waals surface area contributed by atoms with Crippen LogP contribution in [-0.2, 0) is 11.8 Å². The van der Waals surface area contributed by atoms with E-state index in [4.69, 9.17) is 5.73 Å². The summed E-state index contributed by atoms with van der Waals surface area (Å²) in [6.45, 7) is 7.40. The lowest BCUT2D eigenvalue weighted by molar-refractivity contribution is -0.112. The SMILES string of the molecule is C=C(C)C(=O)Nc1ccc(-c2c(-c3cnn(-c4ccccc4)c3C)c3c(N)ncnc3n2C)cc1. The van der Waals surface area contributed by atoms with Crippen LogP contribution in [0.5, 0.6) is 0 Å². The fraction of sp³-hybridized carbons (Fsp3) is 0.111. The molecule has 3 aromatic heterocycles. The molecule has 0 atom stereocenters. The van der Waals surface area contributed by atoms with Crippen LogP contribution in [0.1, 0.15) is 12.6 Å². The molecule has 1 amide bonds. The number of amides is 1.